The number of nitro groups is 1. The summed E-state index contributed by atoms with van der Waals surface area (Å²) in [5.41, 5.74) is 1.17. The molecule has 0 aliphatic rings. The number of rotatable bonds is 4. The second kappa shape index (κ2) is 6.45. The van der Waals surface area contributed by atoms with Crippen LogP contribution in [0.4, 0.5) is 10.1 Å². The van der Waals surface area contributed by atoms with Gasteiger partial charge in [-0.3, -0.25) is 10.1 Å². The van der Waals surface area contributed by atoms with Crippen LogP contribution in [0.5, 0.6) is 5.75 Å². The van der Waals surface area contributed by atoms with Gasteiger partial charge in [-0.1, -0.05) is 5.16 Å². The molecule has 0 amide bonds. The van der Waals surface area contributed by atoms with E-state index < -0.39 is 10.7 Å². The monoisotopic (exact) mass is 299 g/mol. The largest absolute Gasteiger partial charge is 0.355 e. The van der Waals surface area contributed by atoms with Crippen molar-refractivity contribution in [1.29, 1.82) is 5.26 Å². The van der Waals surface area contributed by atoms with E-state index in [1.807, 2.05) is 6.07 Å². The molecule has 0 saturated heterocycles. The van der Waals surface area contributed by atoms with E-state index in [1.165, 1.54) is 30.3 Å². The SMILES string of the molecule is C/C(=N/Oc1cc(F)ccc1C#N)c1ccc([N+](=O)[O-])cc1. The second-order valence-corrected chi connectivity index (χ2v) is 4.32. The van der Waals surface area contributed by atoms with Crippen molar-refractivity contribution in [3.63, 3.8) is 0 Å². The summed E-state index contributed by atoms with van der Waals surface area (Å²) < 4.78 is 13.1. The first kappa shape index (κ1) is 15.1. The molecule has 0 heterocycles. The van der Waals surface area contributed by atoms with Crippen LogP contribution in [-0.4, -0.2) is 10.6 Å². The van der Waals surface area contributed by atoms with Crippen molar-refractivity contribution in [1.82, 2.24) is 0 Å². The highest BCUT2D eigenvalue weighted by atomic mass is 19.1. The van der Waals surface area contributed by atoms with E-state index in [2.05, 4.69) is 5.16 Å². The lowest BCUT2D eigenvalue weighted by molar-refractivity contribution is -0.384. The molecule has 2 rings (SSSR count). The van der Waals surface area contributed by atoms with Gasteiger partial charge in [-0.25, -0.2) is 4.39 Å². The molecule has 0 aliphatic carbocycles. The van der Waals surface area contributed by atoms with Crippen LogP contribution in [0.2, 0.25) is 0 Å². The second-order valence-electron chi connectivity index (χ2n) is 4.32. The molecule has 0 spiro atoms. The van der Waals surface area contributed by atoms with Crippen LogP contribution in [0.3, 0.4) is 0 Å². The standard InChI is InChI=1S/C15H10FN3O3/c1-10(11-3-6-14(7-4-11)19(20)21)18-22-15-8-13(16)5-2-12(15)9-17/h2-8H,1H3/b18-10-. The van der Waals surface area contributed by atoms with Gasteiger partial charge in [-0.15, -0.1) is 0 Å². The number of benzene rings is 2. The molecule has 2 aromatic carbocycles. The number of nitriles is 1. The van der Waals surface area contributed by atoms with Crippen LogP contribution < -0.4 is 4.84 Å². The minimum absolute atomic E-state index is 0.00348. The lowest BCUT2D eigenvalue weighted by atomic mass is 10.1. The van der Waals surface area contributed by atoms with Gasteiger partial charge in [0.15, 0.2) is 5.75 Å². The highest BCUT2D eigenvalue weighted by Crippen LogP contribution is 2.20. The predicted molar refractivity (Wildman–Crippen MR) is 77.1 cm³/mol. The molecular formula is C15H10FN3O3. The van der Waals surface area contributed by atoms with Crippen LogP contribution in [0.1, 0.15) is 18.1 Å². The fourth-order valence-corrected chi connectivity index (χ4v) is 1.66. The Morgan fingerprint density at radius 3 is 2.59 bits per heavy atom. The smallest absolute Gasteiger partial charge is 0.269 e. The van der Waals surface area contributed by atoms with Gasteiger partial charge < -0.3 is 4.84 Å². The molecule has 22 heavy (non-hydrogen) atoms. The molecule has 0 bridgehead atoms. The first-order valence-corrected chi connectivity index (χ1v) is 6.17. The van der Waals surface area contributed by atoms with Crippen LogP contribution in [0, 0.1) is 27.3 Å². The first-order chi connectivity index (χ1) is 10.5. The van der Waals surface area contributed by atoms with Gasteiger partial charge in [0.25, 0.3) is 5.69 Å². The minimum Gasteiger partial charge on any atom is -0.355 e. The van der Waals surface area contributed by atoms with Gasteiger partial charge in [-0.2, -0.15) is 5.26 Å². The molecule has 0 saturated carbocycles. The molecule has 0 aliphatic heterocycles. The summed E-state index contributed by atoms with van der Waals surface area (Å²) in [5, 5.41) is 23.3. The van der Waals surface area contributed by atoms with Crippen molar-refractivity contribution in [2.24, 2.45) is 5.16 Å². The summed E-state index contributed by atoms with van der Waals surface area (Å²) in [7, 11) is 0. The Bertz CT molecular complexity index is 780. The third-order valence-electron chi connectivity index (χ3n) is 2.84. The molecule has 0 aromatic heterocycles. The molecule has 0 fully saturated rings. The molecule has 0 N–H and O–H groups in total. The zero-order valence-electron chi connectivity index (χ0n) is 11.5. The van der Waals surface area contributed by atoms with E-state index in [-0.39, 0.29) is 17.0 Å². The maximum absolute atomic E-state index is 13.1. The molecule has 0 unspecified atom stereocenters. The van der Waals surface area contributed by atoms with Crippen molar-refractivity contribution >= 4 is 11.4 Å². The highest BCUT2D eigenvalue weighted by Gasteiger charge is 2.08. The molecule has 2 aromatic rings. The Morgan fingerprint density at radius 2 is 2.00 bits per heavy atom. The van der Waals surface area contributed by atoms with Crippen molar-refractivity contribution in [3.8, 4) is 11.8 Å². The van der Waals surface area contributed by atoms with Crippen molar-refractivity contribution in [2.45, 2.75) is 6.92 Å². The number of oxime groups is 1. The van der Waals surface area contributed by atoms with Crippen LogP contribution in [0.15, 0.2) is 47.6 Å². The third kappa shape index (κ3) is 3.43. The summed E-state index contributed by atoms with van der Waals surface area (Å²) in [5.74, 6) is -0.541. The Hall–Kier alpha value is -3.27. The zero-order valence-corrected chi connectivity index (χ0v) is 11.5. The third-order valence-corrected chi connectivity index (χ3v) is 2.84. The average molecular weight is 299 g/mol. The average Bonchev–Trinajstić information content (AvgIpc) is 2.52. The maximum atomic E-state index is 13.1. The lowest BCUT2D eigenvalue weighted by Crippen LogP contribution is -1.99. The quantitative estimate of drug-likeness (QED) is 0.491. The number of nitrogens with zero attached hydrogens (tertiary/aromatic N) is 3. The summed E-state index contributed by atoms with van der Waals surface area (Å²) in [6, 6.07) is 11.1. The van der Waals surface area contributed by atoms with Gasteiger partial charge in [0.05, 0.1) is 16.2 Å². The summed E-state index contributed by atoms with van der Waals surface area (Å²) in [6.45, 7) is 1.63. The van der Waals surface area contributed by atoms with E-state index in [1.54, 1.807) is 6.92 Å². The first-order valence-electron chi connectivity index (χ1n) is 6.17. The summed E-state index contributed by atoms with van der Waals surface area (Å²) >= 11 is 0. The molecule has 0 atom stereocenters. The Kier molecular flexibility index (Phi) is 4.44. The number of hydrogen-bond donors (Lipinski definition) is 0. The summed E-state index contributed by atoms with van der Waals surface area (Å²) in [6.07, 6.45) is 0. The lowest BCUT2D eigenvalue weighted by Gasteiger charge is -2.04. The molecule has 0 radical (unpaired) electrons. The van der Waals surface area contributed by atoms with Crippen molar-refractivity contribution < 1.29 is 14.2 Å². The normalized spacial score (nSPS) is 10.9. The van der Waals surface area contributed by atoms with Crippen LogP contribution in [0.25, 0.3) is 0 Å². The van der Waals surface area contributed by atoms with Crippen LogP contribution in [-0.2, 0) is 0 Å². The molecular weight excluding hydrogens is 289 g/mol. The Labute approximate surface area is 125 Å². The van der Waals surface area contributed by atoms with Gasteiger partial charge >= 0.3 is 0 Å². The molecule has 6 nitrogen and oxygen atoms in total. The predicted octanol–water partition coefficient (Wildman–Crippen LogP) is 3.41. The van der Waals surface area contributed by atoms with E-state index >= 15 is 0 Å². The van der Waals surface area contributed by atoms with E-state index in [4.69, 9.17) is 10.1 Å². The number of non-ortho nitro benzene ring substituents is 1. The topological polar surface area (TPSA) is 88.5 Å². The van der Waals surface area contributed by atoms with E-state index in [0.717, 1.165) is 12.1 Å². The number of nitro benzene ring substituents is 1. The van der Waals surface area contributed by atoms with E-state index in [0.29, 0.717) is 11.3 Å². The number of hydrogen-bond acceptors (Lipinski definition) is 5. The fraction of sp³-hybridized carbons (Fsp3) is 0.0667. The van der Waals surface area contributed by atoms with Gasteiger partial charge in [-0.05, 0) is 36.8 Å². The van der Waals surface area contributed by atoms with Crippen molar-refractivity contribution in [3.05, 3.63) is 69.5 Å². The Morgan fingerprint density at radius 1 is 1.32 bits per heavy atom. The Balaban J connectivity index is 2.21. The number of halogens is 1. The van der Waals surface area contributed by atoms with E-state index in [9.17, 15) is 14.5 Å². The molecule has 110 valence electrons. The minimum atomic E-state index is -0.544. The van der Waals surface area contributed by atoms with Gasteiger partial charge in [0.1, 0.15) is 11.9 Å². The van der Waals surface area contributed by atoms with Crippen LogP contribution >= 0.6 is 0 Å². The summed E-state index contributed by atoms with van der Waals surface area (Å²) in [4.78, 5) is 15.2. The zero-order chi connectivity index (χ0) is 16.1. The highest BCUT2D eigenvalue weighted by molar-refractivity contribution is 5.98. The van der Waals surface area contributed by atoms with Gasteiger partial charge in [0, 0.05) is 18.2 Å². The van der Waals surface area contributed by atoms with Crippen molar-refractivity contribution in [2.75, 3.05) is 0 Å². The molecule has 7 heteroatoms. The fourth-order valence-electron chi connectivity index (χ4n) is 1.66. The van der Waals surface area contributed by atoms with Gasteiger partial charge in [0.2, 0.25) is 0 Å². The maximum Gasteiger partial charge on any atom is 0.269 e.